The molecule has 0 aliphatic heterocycles. The van der Waals surface area contributed by atoms with Gasteiger partial charge in [0.05, 0.1) is 21.3 Å². The van der Waals surface area contributed by atoms with E-state index in [9.17, 15) is 0 Å². The van der Waals surface area contributed by atoms with Crippen LogP contribution in [0.1, 0.15) is 5.56 Å². The highest BCUT2D eigenvalue weighted by Gasteiger charge is 2.09. The lowest BCUT2D eigenvalue weighted by atomic mass is 10.00. The maximum atomic E-state index is 5.32. The fraction of sp³-hybridized carbons (Fsp3) is 0.188. The molecule has 99 valence electrons. The zero-order valence-corrected chi connectivity index (χ0v) is 11.4. The van der Waals surface area contributed by atoms with E-state index in [0.717, 1.165) is 22.4 Å². The van der Waals surface area contributed by atoms with Crippen molar-refractivity contribution in [3.63, 3.8) is 0 Å². The Morgan fingerprint density at radius 1 is 0.789 bits per heavy atom. The molecule has 0 aliphatic carbocycles. The summed E-state index contributed by atoms with van der Waals surface area (Å²) in [5, 5.41) is 0. The highest BCUT2D eigenvalue weighted by atomic mass is 16.5. The molecule has 0 fully saturated rings. The predicted molar refractivity (Wildman–Crippen MR) is 76.0 cm³/mol. The first-order valence-corrected chi connectivity index (χ1v) is 5.92. The Labute approximate surface area is 113 Å². The van der Waals surface area contributed by atoms with Crippen LogP contribution in [-0.4, -0.2) is 21.3 Å². The fourth-order valence-corrected chi connectivity index (χ4v) is 1.96. The first-order valence-electron chi connectivity index (χ1n) is 5.92. The summed E-state index contributed by atoms with van der Waals surface area (Å²) in [5.41, 5.74) is 2.97. The van der Waals surface area contributed by atoms with Crippen molar-refractivity contribution in [1.82, 2.24) is 0 Å². The molecular formula is C16H17O3. The van der Waals surface area contributed by atoms with Crippen LogP contribution >= 0.6 is 0 Å². The minimum Gasteiger partial charge on any atom is -0.497 e. The molecule has 19 heavy (non-hydrogen) atoms. The van der Waals surface area contributed by atoms with Gasteiger partial charge < -0.3 is 14.2 Å². The zero-order chi connectivity index (χ0) is 13.8. The molecule has 0 spiro atoms. The number of hydrogen-bond acceptors (Lipinski definition) is 3. The van der Waals surface area contributed by atoms with Crippen LogP contribution in [0.5, 0.6) is 17.2 Å². The van der Waals surface area contributed by atoms with Crippen LogP contribution in [0.25, 0.3) is 11.1 Å². The summed E-state index contributed by atoms with van der Waals surface area (Å²) >= 11 is 0. The Morgan fingerprint density at radius 2 is 1.53 bits per heavy atom. The van der Waals surface area contributed by atoms with Crippen LogP contribution in [0, 0.1) is 6.92 Å². The third-order valence-corrected chi connectivity index (χ3v) is 3.01. The topological polar surface area (TPSA) is 27.7 Å². The first kappa shape index (κ1) is 13.3. The molecule has 0 aromatic heterocycles. The lowest BCUT2D eigenvalue weighted by Gasteiger charge is -2.12. The van der Waals surface area contributed by atoms with Crippen molar-refractivity contribution in [3.05, 3.63) is 48.9 Å². The van der Waals surface area contributed by atoms with E-state index in [4.69, 9.17) is 14.2 Å². The molecule has 0 heterocycles. The van der Waals surface area contributed by atoms with Crippen LogP contribution in [0.15, 0.2) is 36.4 Å². The van der Waals surface area contributed by atoms with Crippen molar-refractivity contribution < 1.29 is 14.2 Å². The van der Waals surface area contributed by atoms with Crippen LogP contribution in [-0.2, 0) is 0 Å². The Hall–Kier alpha value is -2.16. The van der Waals surface area contributed by atoms with Crippen molar-refractivity contribution in [2.24, 2.45) is 0 Å². The van der Waals surface area contributed by atoms with Gasteiger partial charge in [-0.2, -0.15) is 0 Å². The highest BCUT2D eigenvalue weighted by Crippen LogP contribution is 2.34. The molecule has 0 N–H and O–H groups in total. The summed E-state index contributed by atoms with van der Waals surface area (Å²) in [5.74, 6) is 2.21. The number of benzene rings is 2. The molecule has 2 rings (SSSR count). The lowest BCUT2D eigenvalue weighted by Crippen LogP contribution is -1.92. The summed E-state index contributed by atoms with van der Waals surface area (Å²) < 4.78 is 15.8. The van der Waals surface area contributed by atoms with Gasteiger partial charge >= 0.3 is 0 Å². The number of ether oxygens (including phenoxy) is 3. The number of rotatable bonds is 4. The summed E-state index contributed by atoms with van der Waals surface area (Å²) in [4.78, 5) is 0. The van der Waals surface area contributed by atoms with Gasteiger partial charge in [0.1, 0.15) is 5.75 Å². The van der Waals surface area contributed by atoms with Gasteiger partial charge in [0.25, 0.3) is 0 Å². The average Bonchev–Trinajstić information content (AvgIpc) is 2.47. The van der Waals surface area contributed by atoms with E-state index < -0.39 is 0 Å². The second-order valence-electron chi connectivity index (χ2n) is 4.09. The van der Waals surface area contributed by atoms with Gasteiger partial charge in [-0.25, -0.2) is 0 Å². The third-order valence-electron chi connectivity index (χ3n) is 3.01. The SMILES string of the molecule is [CH2]c1ccc(OC)cc1-c1ccc(OC)c(OC)c1. The quantitative estimate of drug-likeness (QED) is 0.838. The van der Waals surface area contributed by atoms with E-state index in [0.29, 0.717) is 11.5 Å². The monoisotopic (exact) mass is 257 g/mol. The molecular weight excluding hydrogens is 240 g/mol. The van der Waals surface area contributed by atoms with E-state index in [1.807, 2.05) is 36.4 Å². The van der Waals surface area contributed by atoms with E-state index in [-0.39, 0.29) is 0 Å². The molecule has 0 atom stereocenters. The van der Waals surface area contributed by atoms with Gasteiger partial charge in [-0.1, -0.05) is 12.1 Å². The lowest BCUT2D eigenvalue weighted by molar-refractivity contribution is 0.355. The summed E-state index contributed by atoms with van der Waals surface area (Å²) in [6.45, 7) is 4.04. The van der Waals surface area contributed by atoms with Gasteiger partial charge in [0.2, 0.25) is 0 Å². The highest BCUT2D eigenvalue weighted by molar-refractivity contribution is 5.72. The van der Waals surface area contributed by atoms with Crippen LogP contribution in [0.4, 0.5) is 0 Å². The molecule has 1 radical (unpaired) electrons. The Morgan fingerprint density at radius 3 is 2.16 bits per heavy atom. The summed E-state index contributed by atoms with van der Waals surface area (Å²) in [6, 6.07) is 11.6. The van der Waals surface area contributed by atoms with E-state index >= 15 is 0 Å². The van der Waals surface area contributed by atoms with Gasteiger partial charge in [-0.05, 0) is 47.9 Å². The van der Waals surface area contributed by atoms with Gasteiger partial charge in [0.15, 0.2) is 11.5 Å². The molecule has 0 aliphatic rings. The van der Waals surface area contributed by atoms with Crippen molar-refractivity contribution in [2.45, 2.75) is 0 Å². The minimum absolute atomic E-state index is 0.696. The minimum atomic E-state index is 0.696. The van der Waals surface area contributed by atoms with Crippen molar-refractivity contribution in [1.29, 1.82) is 0 Å². The van der Waals surface area contributed by atoms with Crippen molar-refractivity contribution in [3.8, 4) is 28.4 Å². The smallest absolute Gasteiger partial charge is 0.161 e. The third kappa shape index (κ3) is 2.65. The van der Waals surface area contributed by atoms with Crippen molar-refractivity contribution >= 4 is 0 Å². The standard InChI is InChI=1S/C16H17O3/c1-11-5-7-13(17-2)10-14(11)12-6-8-15(18-3)16(9-12)19-4/h5-10H,1H2,2-4H3. The van der Waals surface area contributed by atoms with E-state index in [1.54, 1.807) is 21.3 Å². The molecule has 0 unspecified atom stereocenters. The Balaban J connectivity index is 2.52. The molecule has 2 aromatic carbocycles. The largest absolute Gasteiger partial charge is 0.497 e. The molecule has 3 nitrogen and oxygen atoms in total. The van der Waals surface area contributed by atoms with Gasteiger partial charge in [0, 0.05) is 0 Å². The second kappa shape index (κ2) is 5.65. The summed E-state index contributed by atoms with van der Waals surface area (Å²) in [6.07, 6.45) is 0. The molecule has 3 heteroatoms. The maximum Gasteiger partial charge on any atom is 0.161 e. The Bertz CT molecular complexity index is 576. The molecule has 0 saturated heterocycles. The second-order valence-corrected chi connectivity index (χ2v) is 4.09. The molecule has 0 saturated carbocycles. The van der Waals surface area contributed by atoms with E-state index in [2.05, 4.69) is 6.92 Å². The fourth-order valence-electron chi connectivity index (χ4n) is 1.96. The maximum absolute atomic E-state index is 5.32. The molecule has 2 aromatic rings. The van der Waals surface area contributed by atoms with Gasteiger partial charge in [-0.15, -0.1) is 0 Å². The predicted octanol–water partition coefficient (Wildman–Crippen LogP) is 3.56. The number of methoxy groups -OCH3 is 3. The normalized spacial score (nSPS) is 10.1. The summed E-state index contributed by atoms with van der Waals surface area (Å²) in [7, 11) is 4.89. The van der Waals surface area contributed by atoms with Crippen molar-refractivity contribution in [2.75, 3.05) is 21.3 Å². The average molecular weight is 257 g/mol. The molecule has 0 bridgehead atoms. The van der Waals surface area contributed by atoms with Crippen LogP contribution in [0.2, 0.25) is 0 Å². The van der Waals surface area contributed by atoms with Crippen LogP contribution < -0.4 is 14.2 Å². The zero-order valence-electron chi connectivity index (χ0n) is 11.4. The van der Waals surface area contributed by atoms with E-state index in [1.165, 1.54) is 0 Å². The first-order chi connectivity index (χ1) is 9.19. The van der Waals surface area contributed by atoms with Gasteiger partial charge in [-0.3, -0.25) is 0 Å². The molecule has 0 amide bonds. The Kier molecular flexibility index (Phi) is 3.95. The number of hydrogen-bond donors (Lipinski definition) is 0. The van der Waals surface area contributed by atoms with Crippen LogP contribution in [0.3, 0.4) is 0 Å².